The SMILES string of the molecule is O=C1CCc2cc(Oc3ccc(CO)cc3Br)ccc2N1. The van der Waals surface area contributed by atoms with E-state index in [0.717, 1.165) is 33.5 Å². The van der Waals surface area contributed by atoms with Gasteiger partial charge in [0.1, 0.15) is 11.5 Å². The van der Waals surface area contributed by atoms with Gasteiger partial charge in [-0.3, -0.25) is 4.79 Å². The van der Waals surface area contributed by atoms with Crippen LogP contribution in [0.25, 0.3) is 0 Å². The molecule has 0 radical (unpaired) electrons. The van der Waals surface area contributed by atoms with E-state index in [2.05, 4.69) is 21.2 Å². The van der Waals surface area contributed by atoms with Crippen LogP contribution in [-0.4, -0.2) is 11.0 Å². The lowest BCUT2D eigenvalue weighted by Crippen LogP contribution is -2.18. The number of carbonyl (C=O) groups excluding carboxylic acids is 1. The summed E-state index contributed by atoms with van der Waals surface area (Å²) in [6.07, 6.45) is 1.23. The van der Waals surface area contributed by atoms with Gasteiger partial charge >= 0.3 is 0 Å². The third-order valence-corrected chi connectivity index (χ3v) is 4.00. The van der Waals surface area contributed by atoms with Gasteiger partial charge in [-0.05, 0) is 63.8 Å². The highest BCUT2D eigenvalue weighted by Crippen LogP contribution is 2.33. The summed E-state index contributed by atoms with van der Waals surface area (Å²) in [5, 5.41) is 11.9. The Balaban J connectivity index is 1.84. The minimum atomic E-state index is -0.00256. The van der Waals surface area contributed by atoms with Crippen molar-refractivity contribution in [1.82, 2.24) is 0 Å². The Kier molecular flexibility index (Phi) is 3.94. The number of nitrogens with one attached hydrogen (secondary N) is 1. The first kappa shape index (κ1) is 14.1. The highest BCUT2D eigenvalue weighted by atomic mass is 79.9. The number of aryl methyl sites for hydroxylation is 1. The molecule has 0 aromatic heterocycles. The smallest absolute Gasteiger partial charge is 0.224 e. The number of benzene rings is 2. The molecule has 1 aliphatic heterocycles. The van der Waals surface area contributed by atoms with Gasteiger partial charge in [-0.1, -0.05) is 6.07 Å². The summed E-state index contributed by atoms with van der Waals surface area (Å²) in [6.45, 7) is -0.00256. The standard InChI is InChI=1S/C16H14BrNO3/c17-13-7-10(9-19)1-5-15(13)21-12-3-4-14-11(8-12)2-6-16(20)18-14/h1,3-5,7-8,19H,2,6,9H2,(H,18,20). The van der Waals surface area contributed by atoms with E-state index in [4.69, 9.17) is 9.84 Å². The van der Waals surface area contributed by atoms with Gasteiger partial charge in [0.05, 0.1) is 11.1 Å². The third kappa shape index (κ3) is 3.09. The number of anilines is 1. The second-order valence-electron chi connectivity index (χ2n) is 4.89. The molecule has 21 heavy (non-hydrogen) atoms. The molecule has 1 heterocycles. The molecule has 1 aliphatic rings. The van der Waals surface area contributed by atoms with Crippen LogP contribution in [0.4, 0.5) is 5.69 Å². The highest BCUT2D eigenvalue weighted by Gasteiger charge is 2.15. The zero-order valence-corrected chi connectivity index (χ0v) is 12.8. The van der Waals surface area contributed by atoms with Crippen molar-refractivity contribution in [2.45, 2.75) is 19.4 Å². The molecule has 5 heteroatoms. The first-order valence-electron chi connectivity index (χ1n) is 6.65. The van der Waals surface area contributed by atoms with Gasteiger partial charge in [0.2, 0.25) is 5.91 Å². The molecule has 2 N–H and O–H groups in total. The number of amides is 1. The number of ether oxygens (including phenoxy) is 1. The Labute approximate surface area is 130 Å². The minimum Gasteiger partial charge on any atom is -0.456 e. The fourth-order valence-electron chi connectivity index (χ4n) is 2.28. The fraction of sp³-hybridized carbons (Fsp3) is 0.188. The molecule has 0 fully saturated rings. The molecule has 0 bridgehead atoms. The van der Waals surface area contributed by atoms with E-state index in [1.54, 1.807) is 0 Å². The van der Waals surface area contributed by atoms with Crippen LogP contribution in [0.3, 0.4) is 0 Å². The molecule has 0 atom stereocenters. The van der Waals surface area contributed by atoms with Crippen molar-refractivity contribution in [3.8, 4) is 11.5 Å². The zero-order chi connectivity index (χ0) is 14.8. The van der Waals surface area contributed by atoms with E-state index in [-0.39, 0.29) is 12.5 Å². The average Bonchev–Trinajstić information content (AvgIpc) is 2.49. The van der Waals surface area contributed by atoms with Gasteiger partial charge in [-0.25, -0.2) is 0 Å². The average molecular weight is 348 g/mol. The second kappa shape index (κ2) is 5.87. The van der Waals surface area contributed by atoms with E-state index in [1.807, 2.05) is 36.4 Å². The molecule has 0 unspecified atom stereocenters. The lowest BCUT2D eigenvalue weighted by molar-refractivity contribution is -0.116. The van der Waals surface area contributed by atoms with Crippen molar-refractivity contribution in [2.24, 2.45) is 0 Å². The molecule has 0 saturated carbocycles. The molecule has 2 aromatic carbocycles. The molecular weight excluding hydrogens is 334 g/mol. The van der Waals surface area contributed by atoms with Crippen molar-refractivity contribution >= 4 is 27.5 Å². The lowest BCUT2D eigenvalue weighted by atomic mass is 10.0. The maximum atomic E-state index is 11.3. The largest absolute Gasteiger partial charge is 0.456 e. The molecule has 0 aliphatic carbocycles. The topological polar surface area (TPSA) is 58.6 Å². The molecule has 1 amide bonds. The summed E-state index contributed by atoms with van der Waals surface area (Å²) >= 11 is 3.44. The fourth-order valence-corrected chi connectivity index (χ4v) is 2.78. The Morgan fingerprint density at radius 1 is 1.19 bits per heavy atom. The molecule has 108 valence electrons. The Morgan fingerprint density at radius 3 is 2.81 bits per heavy atom. The maximum absolute atomic E-state index is 11.3. The number of aliphatic hydroxyl groups is 1. The number of carbonyl (C=O) groups is 1. The predicted molar refractivity (Wildman–Crippen MR) is 83.5 cm³/mol. The van der Waals surface area contributed by atoms with Crippen LogP contribution in [-0.2, 0) is 17.8 Å². The zero-order valence-electron chi connectivity index (χ0n) is 11.2. The van der Waals surface area contributed by atoms with Gasteiger partial charge in [-0.2, -0.15) is 0 Å². The first-order valence-corrected chi connectivity index (χ1v) is 7.45. The van der Waals surface area contributed by atoms with Crippen LogP contribution < -0.4 is 10.1 Å². The second-order valence-corrected chi connectivity index (χ2v) is 5.75. The molecule has 3 rings (SSSR count). The maximum Gasteiger partial charge on any atom is 0.224 e. The summed E-state index contributed by atoms with van der Waals surface area (Å²) in [5.41, 5.74) is 2.76. The number of hydrogen-bond acceptors (Lipinski definition) is 3. The van der Waals surface area contributed by atoms with Crippen LogP contribution in [0.5, 0.6) is 11.5 Å². The summed E-state index contributed by atoms with van der Waals surface area (Å²) < 4.78 is 6.65. The molecule has 0 spiro atoms. The van der Waals surface area contributed by atoms with Crippen molar-refractivity contribution in [2.75, 3.05) is 5.32 Å². The van der Waals surface area contributed by atoms with E-state index >= 15 is 0 Å². The van der Waals surface area contributed by atoms with E-state index in [9.17, 15) is 4.79 Å². The number of aliphatic hydroxyl groups excluding tert-OH is 1. The van der Waals surface area contributed by atoms with Crippen LogP contribution in [0.2, 0.25) is 0 Å². The van der Waals surface area contributed by atoms with Crippen LogP contribution >= 0.6 is 15.9 Å². The van der Waals surface area contributed by atoms with E-state index in [0.29, 0.717) is 12.2 Å². The predicted octanol–water partition coefficient (Wildman–Crippen LogP) is 3.62. The lowest BCUT2D eigenvalue weighted by Gasteiger charge is -2.18. The third-order valence-electron chi connectivity index (χ3n) is 3.38. The summed E-state index contributed by atoms with van der Waals surface area (Å²) in [7, 11) is 0. The number of fused-ring (bicyclic) bond motifs is 1. The molecule has 4 nitrogen and oxygen atoms in total. The monoisotopic (exact) mass is 347 g/mol. The van der Waals surface area contributed by atoms with Gasteiger partial charge in [0.15, 0.2) is 0 Å². The van der Waals surface area contributed by atoms with Gasteiger partial charge in [0.25, 0.3) is 0 Å². The van der Waals surface area contributed by atoms with Crippen LogP contribution in [0.15, 0.2) is 40.9 Å². The highest BCUT2D eigenvalue weighted by molar-refractivity contribution is 9.10. The van der Waals surface area contributed by atoms with E-state index < -0.39 is 0 Å². The summed E-state index contributed by atoms with van der Waals surface area (Å²) in [4.78, 5) is 11.3. The Hall–Kier alpha value is -1.85. The molecule has 2 aromatic rings. The molecule has 0 saturated heterocycles. The van der Waals surface area contributed by atoms with Crippen LogP contribution in [0, 0.1) is 0 Å². The molecular formula is C16H14BrNO3. The Bertz CT molecular complexity index is 700. The summed E-state index contributed by atoms with van der Waals surface area (Å²) in [6, 6.07) is 11.1. The first-order chi connectivity index (χ1) is 10.2. The quantitative estimate of drug-likeness (QED) is 0.891. The minimum absolute atomic E-state index is 0.00256. The van der Waals surface area contributed by atoms with Crippen molar-refractivity contribution in [3.05, 3.63) is 52.0 Å². The van der Waals surface area contributed by atoms with Crippen molar-refractivity contribution < 1.29 is 14.6 Å². The van der Waals surface area contributed by atoms with Crippen LogP contribution in [0.1, 0.15) is 17.5 Å². The van der Waals surface area contributed by atoms with Crippen molar-refractivity contribution in [1.29, 1.82) is 0 Å². The Morgan fingerprint density at radius 2 is 2.05 bits per heavy atom. The summed E-state index contributed by atoms with van der Waals surface area (Å²) in [5.74, 6) is 1.47. The van der Waals surface area contributed by atoms with Gasteiger partial charge in [0, 0.05) is 12.1 Å². The normalized spacial score (nSPS) is 13.5. The number of halogens is 1. The van der Waals surface area contributed by atoms with E-state index in [1.165, 1.54) is 0 Å². The van der Waals surface area contributed by atoms with Gasteiger partial charge < -0.3 is 15.2 Å². The van der Waals surface area contributed by atoms with Crippen molar-refractivity contribution in [3.63, 3.8) is 0 Å². The number of hydrogen-bond donors (Lipinski definition) is 2. The number of rotatable bonds is 3. The van der Waals surface area contributed by atoms with Gasteiger partial charge in [-0.15, -0.1) is 0 Å².